The van der Waals surface area contributed by atoms with Crippen molar-refractivity contribution in [1.29, 1.82) is 0 Å². The van der Waals surface area contributed by atoms with Crippen molar-refractivity contribution >= 4 is 23.8 Å². The van der Waals surface area contributed by atoms with E-state index in [1.165, 1.54) is 0 Å². The Hall–Kier alpha value is -0.910. The van der Waals surface area contributed by atoms with Crippen LogP contribution in [0.25, 0.3) is 0 Å². The molecule has 2 amide bonds. The standard InChI is InChI=1S/C12H22N2O3S/c1-8(2)10(11(15)16)14-12(17)13-7-9-3-5-18-6-4-9/h8-10H,3-7H2,1-2H3,(H,15,16)(H2,13,14,17)/t10-/m0/s1. The minimum absolute atomic E-state index is 0.126. The van der Waals surface area contributed by atoms with Crippen LogP contribution in [0.15, 0.2) is 0 Å². The highest BCUT2D eigenvalue weighted by molar-refractivity contribution is 7.99. The number of amides is 2. The molecule has 0 aromatic heterocycles. The van der Waals surface area contributed by atoms with Crippen molar-refractivity contribution in [2.45, 2.75) is 32.7 Å². The van der Waals surface area contributed by atoms with Crippen molar-refractivity contribution in [3.05, 3.63) is 0 Å². The smallest absolute Gasteiger partial charge is 0.326 e. The number of carboxylic acid groups (broad SMARTS) is 1. The number of thioether (sulfide) groups is 1. The Labute approximate surface area is 112 Å². The van der Waals surface area contributed by atoms with Crippen LogP contribution in [0.3, 0.4) is 0 Å². The number of carbonyl (C=O) groups is 2. The van der Waals surface area contributed by atoms with Crippen molar-refractivity contribution in [2.75, 3.05) is 18.1 Å². The third-order valence-electron chi connectivity index (χ3n) is 3.11. The fraction of sp³-hybridized carbons (Fsp3) is 0.833. The molecule has 0 spiro atoms. The summed E-state index contributed by atoms with van der Waals surface area (Å²) in [6, 6.07) is -1.21. The third-order valence-corrected chi connectivity index (χ3v) is 4.16. The van der Waals surface area contributed by atoms with Gasteiger partial charge in [-0.1, -0.05) is 13.8 Å². The van der Waals surface area contributed by atoms with E-state index in [9.17, 15) is 9.59 Å². The number of carboxylic acids is 1. The molecule has 0 saturated carbocycles. The largest absolute Gasteiger partial charge is 0.480 e. The monoisotopic (exact) mass is 274 g/mol. The molecule has 1 rings (SSSR count). The SMILES string of the molecule is CC(C)[C@H](NC(=O)NCC1CCSCC1)C(=O)O. The highest BCUT2D eigenvalue weighted by atomic mass is 32.2. The maximum absolute atomic E-state index is 11.6. The van der Waals surface area contributed by atoms with Gasteiger partial charge < -0.3 is 15.7 Å². The second-order valence-corrected chi connectivity index (χ2v) is 6.19. The summed E-state index contributed by atoms with van der Waals surface area (Å²) in [5.41, 5.74) is 0. The molecule has 0 unspecified atom stereocenters. The third kappa shape index (κ3) is 5.16. The summed E-state index contributed by atoms with van der Waals surface area (Å²) in [4.78, 5) is 22.6. The molecular weight excluding hydrogens is 252 g/mol. The molecule has 0 aliphatic carbocycles. The molecule has 6 heteroatoms. The van der Waals surface area contributed by atoms with E-state index in [-0.39, 0.29) is 11.9 Å². The van der Waals surface area contributed by atoms with E-state index >= 15 is 0 Å². The fourth-order valence-corrected chi connectivity index (χ4v) is 3.10. The first-order valence-corrected chi connectivity index (χ1v) is 7.51. The molecular formula is C12H22N2O3S. The molecule has 0 bridgehead atoms. The van der Waals surface area contributed by atoms with Crippen molar-refractivity contribution in [1.82, 2.24) is 10.6 Å². The quantitative estimate of drug-likeness (QED) is 0.710. The minimum atomic E-state index is -0.991. The lowest BCUT2D eigenvalue weighted by Crippen LogP contribution is -2.49. The molecule has 1 fully saturated rings. The number of carbonyl (C=O) groups excluding carboxylic acids is 1. The first-order chi connectivity index (χ1) is 8.50. The normalized spacial score (nSPS) is 18.4. The van der Waals surface area contributed by atoms with E-state index in [2.05, 4.69) is 10.6 Å². The predicted octanol–water partition coefficient (Wildman–Crippen LogP) is 1.54. The summed E-state index contributed by atoms with van der Waals surface area (Å²) in [5.74, 6) is 1.71. The number of urea groups is 1. The summed E-state index contributed by atoms with van der Waals surface area (Å²) in [7, 11) is 0. The molecule has 1 aliphatic rings. The number of aliphatic carboxylic acids is 1. The Morgan fingerprint density at radius 1 is 1.33 bits per heavy atom. The van der Waals surface area contributed by atoms with Gasteiger partial charge in [-0.25, -0.2) is 9.59 Å². The first kappa shape index (κ1) is 15.1. The Morgan fingerprint density at radius 2 is 1.94 bits per heavy atom. The number of hydrogen-bond donors (Lipinski definition) is 3. The molecule has 0 radical (unpaired) electrons. The van der Waals surface area contributed by atoms with Crippen LogP contribution in [0.1, 0.15) is 26.7 Å². The summed E-state index contributed by atoms with van der Waals surface area (Å²) >= 11 is 1.95. The summed E-state index contributed by atoms with van der Waals surface area (Å²) < 4.78 is 0. The lowest BCUT2D eigenvalue weighted by atomic mass is 10.0. The van der Waals surface area contributed by atoms with Gasteiger partial charge in [0.15, 0.2) is 0 Å². The zero-order valence-corrected chi connectivity index (χ0v) is 11.8. The molecule has 1 aliphatic heterocycles. The van der Waals surface area contributed by atoms with Gasteiger partial charge in [0.05, 0.1) is 0 Å². The zero-order valence-electron chi connectivity index (χ0n) is 10.9. The lowest BCUT2D eigenvalue weighted by Gasteiger charge is -2.23. The molecule has 5 nitrogen and oxygen atoms in total. The molecule has 3 N–H and O–H groups in total. The highest BCUT2D eigenvalue weighted by Crippen LogP contribution is 2.21. The fourth-order valence-electron chi connectivity index (χ4n) is 1.89. The van der Waals surface area contributed by atoms with Gasteiger partial charge in [0, 0.05) is 6.54 Å². The van der Waals surface area contributed by atoms with Gasteiger partial charge in [0.25, 0.3) is 0 Å². The van der Waals surface area contributed by atoms with Crippen LogP contribution < -0.4 is 10.6 Å². The van der Waals surface area contributed by atoms with E-state index in [1.807, 2.05) is 11.8 Å². The van der Waals surface area contributed by atoms with Crippen molar-refractivity contribution in [3.63, 3.8) is 0 Å². The van der Waals surface area contributed by atoms with Crippen LogP contribution in [0, 0.1) is 11.8 Å². The second-order valence-electron chi connectivity index (χ2n) is 4.97. The molecule has 104 valence electrons. The second kappa shape index (κ2) is 7.51. The van der Waals surface area contributed by atoms with Crippen LogP contribution >= 0.6 is 11.8 Å². The van der Waals surface area contributed by atoms with Crippen LogP contribution in [-0.2, 0) is 4.79 Å². The summed E-state index contributed by atoms with van der Waals surface area (Å²) in [5, 5.41) is 14.2. The summed E-state index contributed by atoms with van der Waals surface area (Å²) in [6.45, 7) is 4.19. The Balaban J connectivity index is 2.29. The number of rotatable bonds is 5. The number of nitrogens with one attached hydrogen (secondary N) is 2. The van der Waals surface area contributed by atoms with Crippen LogP contribution in [0.2, 0.25) is 0 Å². The van der Waals surface area contributed by atoms with Crippen molar-refractivity contribution in [3.8, 4) is 0 Å². The summed E-state index contributed by atoms with van der Waals surface area (Å²) in [6.07, 6.45) is 2.25. The van der Waals surface area contributed by atoms with Crippen LogP contribution in [-0.4, -0.2) is 41.2 Å². The van der Waals surface area contributed by atoms with Gasteiger partial charge >= 0.3 is 12.0 Å². The maximum Gasteiger partial charge on any atom is 0.326 e. The Morgan fingerprint density at radius 3 is 2.44 bits per heavy atom. The molecule has 0 aromatic rings. The van der Waals surface area contributed by atoms with Crippen LogP contribution in [0.5, 0.6) is 0 Å². The van der Waals surface area contributed by atoms with E-state index in [0.29, 0.717) is 12.5 Å². The average Bonchev–Trinajstić information content (AvgIpc) is 2.34. The number of hydrogen-bond acceptors (Lipinski definition) is 3. The molecule has 1 saturated heterocycles. The Kier molecular flexibility index (Phi) is 6.32. The molecule has 1 heterocycles. The first-order valence-electron chi connectivity index (χ1n) is 6.35. The minimum Gasteiger partial charge on any atom is -0.480 e. The Bertz CT molecular complexity index is 291. The van der Waals surface area contributed by atoms with Gasteiger partial charge in [0.2, 0.25) is 0 Å². The predicted molar refractivity (Wildman–Crippen MR) is 72.8 cm³/mol. The molecule has 0 aromatic carbocycles. The van der Waals surface area contributed by atoms with Gasteiger partial charge in [0.1, 0.15) is 6.04 Å². The molecule has 1 atom stereocenters. The molecule has 18 heavy (non-hydrogen) atoms. The van der Waals surface area contributed by atoms with Gasteiger partial charge in [-0.3, -0.25) is 0 Å². The van der Waals surface area contributed by atoms with E-state index in [1.54, 1.807) is 13.8 Å². The van der Waals surface area contributed by atoms with Crippen molar-refractivity contribution < 1.29 is 14.7 Å². The van der Waals surface area contributed by atoms with E-state index in [4.69, 9.17) is 5.11 Å². The van der Waals surface area contributed by atoms with Gasteiger partial charge in [-0.05, 0) is 36.2 Å². The maximum atomic E-state index is 11.6. The van der Waals surface area contributed by atoms with E-state index in [0.717, 1.165) is 24.3 Å². The van der Waals surface area contributed by atoms with Crippen LogP contribution in [0.4, 0.5) is 4.79 Å². The topological polar surface area (TPSA) is 78.4 Å². The highest BCUT2D eigenvalue weighted by Gasteiger charge is 2.23. The van der Waals surface area contributed by atoms with Crippen molar-refractivity contribution in [2.24, 2.45) is 11.8 Å². The lowest BCUT2D eigenvalue weighted by molar-refractivity contribution is -0.140. The van der Waals surface area contributed by atoms with E-state index < -0.39 is 12.0 Å². The van der Waals surface area contributed by atoms with Gasteiger partial charge in [-0.15, -0.1) is 0 Å². The van der Waals surface area contributed by atoms with Gasteiger partial charge in [-0.2, -0.15) is 11.8 Å². The zero-order chi connectivity index (χ0) is 13.5. The average molecular weight is 274 g/mol.